The Hall–Kier alpha value is -2.05. The first-order valence-electron chi connectivity index (χ1n) is 5.33. The Kier molecular flexibility index (Phi) is 4.08. The van der Waals surface area contributed by atoms with E-state index in [0.29, 0.717) is 6.54 Å². The number of hydrogen-bond donors (Lipinski definition) is 3. The lowest BCUT2D eigenvalue weighted by Crippen LogP contribution is -2.44. The minimum atomic E-state index is -0.609. The topological polar surface area (TPSA) is 102 Å². The van der Waals surface area contributed by atoms with E-state index in [-0.39, 0.29) is 17.3 Å². The molecule has 7 nitrogen and oxygen atoms in total. The predicted octanol–water partition coefficient (Wildman–Crippen LogP) is -0.743. The largest absolute Gasteiger partial charge is 0.383 e. The molecule has 1 heterocycles. The van der Waals surface area contributed by atoms with Crippen LogP contribution >= 0.6 is 0 Å². The predicted molar refractivity (Wildman–Crippen MR) is 63.2 cm³/mol. The summed E-state index contributed by atoms with van der Waals surface area (Å²) in [6.45, 7) is 3.94. The monoisotopic (exact) mass is 239 g/mol. The molecule has 94 valence electrons. The molecule has 2 amide bonds. The van der Waals surface area contributed by atoms with Crippen molar-refractivity contribution >= 4 is 17.6 Å². The number of carbonyl (C=O) groups is 2. The fraction of sp³-hybridized carbons (Fsp3) is 0.500. The summed E-state index contributed by atoms with van der Waals surface area (Å²) < 4.78 is 1.39. The molecule has 0 aliphatic heterocycles. The van der Waals surface area contributed by atoms with Crippen molar-refractivity contribution in [3.05, 3.63) is 11.8 Å². The van der Waals surface area contributed by atoms with E-state index >= 15 is 0 Å². The maximum Gasteiger partial charge on any atom is 0.257 e. The number of aryl methyl sites for hydroxylation is 1. The zero-order chi connectivity index (χ0) is 13.0. The highest BCUT2D eigenvalue weighted by atomic mass is 16.2. The summed E-state index contributed by atoms with van der Waals surface area (Å²) in [7, 11) is 1.64. The summed E-state index contributed by atoms with van der Waals surface area (Å²) in [6, 6.07) is -0.609. The molecule has 0 saturated heterocycles. The van der Waals surface area contributed by atoms with Gasteiger partial charge in [-0.3, -0.25) is 14.3 Å². The third-order valence-electron chi connectivity index (χ3n) is 2.32. The zero-order valence-corrected chi connectivity index (χ0v) is 10.2. The number of aromatic nitrogens is 2. The van der Waals surface area contributed by atoms with Crippen LogP contribution in [0.15, 0.2) is 6.20 Å². The molecule has 0 spiro atoms. The van der Waals surface area contributed by atoms with Crippen LogP contribution in [0.4, 0.5) is 5.82 Å². The number of carbonyl (C=O) groups excluding carboxylic acids is 2. The van der Waals surface area contributed by atoms with Crippen LogP contribution in [0.1, 0.15) is 24.2 Å². The van der Waals surface area contributed by atoms with Gasteiger partial charge in [-0.1, -0.05) is 0 Å². The van der Waals surface area contributed by atoms with Crippen molar-refractivity contribution in [3.8, 4) is 0 Å². The van der Waals surface area contributed by atoms with E-state index in [9.17, 15) is 9.59 Å². The van der Waals surface area contributed by atoms with Crippen LogP contribution < -0.4 is 16.4 Å². The van der Waals surface area contributed by atoms with Gasteiger partial charge >= 0.3 is 0 Å². The average molecular weight is 239 g/mol. The van der Waals surface area contributed by atoms with Crippen LogP contribution in [-0.2, 0) is 11.8 Å². The van der Waals surface area contributed by atoms with E-state index in [4.69, 9.17) is 5.73 Å². The van der Waals surface area contributed by atoms with E-state index < -0.39 is 11.9 Å². The number of nitrogen functional groups attached to an aromatic ring is 1. The van der Waals surface area contributed by atoms with Crippen LogP contribution in [0.2, 0.25) is 0 Å². The highest BCUT2D eigenvalue weighted by Gasteiger charge is 2.19. The molecule has 7 heteroatoms. The molecule has 1 atom stereocenters. The molecule has 1 rings (SSSR count). The first-order valence-corrected chi connectivity index (χ1v) is 5.33. The first-order chi connectivity index (χ1) is 7.97. The SMILES string of the molecule is CCNC(=O)C(C)NC(=O)c1cnn(C)c1N. The van der Waals surface area contributed by atoms with E-state index in [0.717, 1.165) is 0 Å². The lowest BCUT2D eigenvalue weighted by atomic mass is 10.2. The zero-order valence-electron chi connectivity index (χ0n) is 10.2. The Balaban J connectivity index is 2.67. The van der Waals surface area contributed by atoms with E-state index in [1.165, 1.54) is 10.9 Å². The van der Waals surface area contributed by atoms with Crippen molar-refractivity contribution in [2.75, 3.05) is 12.3 Å². The number of rotatable bonds is 4. The van der Waals surface area contributed by atoms with Crippen molar-refractivity contribution in [2.45, 2.75) is 19.9 Å². The molecule has 1 unspecified atom stereocenters. The molecule has 0 fully saturated rings. The standard InChI is InChI=1S/C10H17N5O2/c1-4-12-9(16)6(2)14-10(17)7-5-13-15(3)8(7)11/h5-6H,4,11H2,1-3H3,(H,12,16)(H,14,17). The van der Waals surface area contributed by atoms with Gasteiger partial charge in [-0.15, -0.1) is 0 Å². The second-order valence-electron chi connectivity index (χ2n) is 3.66. The van der Waals surface area contributed by atoms with Crippen LogP contribution in [0.25, 0.3) is 0 Å². The first kappa shape index (κ1) is 13.0. The number of anilines is 1. The summed E-state index contributed by atoms with van der Waals surface area (Å²) in [4.78, 5) is 23.2. The van der Waals surface area contributed by atoms with Crippen LogP contribution in [0, 0.1) is 0 Å². The normalized spacial score (nSPS) is 11.9. The van der Waals surface area contributed by atoms with Gasteiger partial charge in [0.25, 0.3) is 5.91 Å². The fourth-order valence-corrected chi connectivity index (χ4v) is 1.29. The Morgan fingerprint density at radius 2 is 2.24 bits per heavy atom. The maximum atomic E-state index is 11.8. The summed E-state index contributed by atoms with van der Waals surface area (Å²) >= 11 is 0. The van der Waals surface area contributed by atoms with Gasteiger partial charge in [-0.25, -0.2) is 0 Å². The van der Waals surface area contributed by atoms with Crippen LogP contribution in [0.5, 0.6) is 0 Å². The Morgan fingerprint density at radius 3 is 2.71 bits per heavy atom. The summed E-state index contributed by atoms with van der Waals surface area (Å²) in [5.41, 5.74) is 5.92. The van der Waals surface area contributed by atoms with Crippen molar-refractivity contribution < 1.29 is 9.59 Å². The van der Waals surface area contributed by atoms with E-state index in [1.807, 2.05) is 6.92 Å². The number of nitrogens with two attached hydrogens (primary N) is 1. The lowest BCUT2D eigenvalue weighted by molar-refractivity contribution is -0.122. The van der Waals surface area contributed by atoms with Crippen molar-refractivity contribution in [2.24, 2.45) is 7.05 Å². The van der Waals surface area contributed by atoms with Gasteiger partial charge in [0, 0.05) is 13.6 Å². The molecular formula is C10H17N5O2. The average Bonchev–Trinajstić information content (AvgIpc) is 2.60. The second-order valence-corrected chi connectivity index (χ2v) is 3.66. The van der Waals surface area contributed by atoms with Gasteiger partial charge in [-0.2, -0.15) is 5.10 Å². The minimum absolute atomic E-state index is 0.233. The van der Waals surface area contributed by atoms with Gasteiger partial charge in [-0.05, 0) is 13.8 Å². The van der Waals surface area contributed by atoms with Gasteiger partial charge in [0.05, 0.1) is 6.20 Å². The van der Waals surface area contributed by atoms with Gasteiger partial charge in [0.2, 0.25) is 5.91 Å². The molecule has 0 bridgehead atoms. The molecule has 0 saturated carbocycles. The molecule has 17 heavy (non-hydrogen) atoms. The molecule has 1 aromatic rings. The molecule has 0 aromatic carbocycles. The van der Waals surface area contributed by atoms with Crippen LogP contribution in [-0.4, -0.2) is 34.2 Å². The lowest BCUT2D eigenvalue weighted by Gasteiger charge is -2.12. The van der Waals surface area contributed by atoms with Crippen molar-refractivity contribution in [3.63, 3.8) is 0 Å². The number of nitrogens with one attached hydrogen (secondary N) is 2. The molecular weight excluding hydrogens is 222 g/mol. The number of nitrogens with zero attached hydrogens (tertiary/aromatic N) is 2. The molecule has 4 N–H and O–H groups in total. The summed E-state index contributed by atoms with van der Waals surface area (Å²) in [5.74, 6) is -0.372. The summed E-state index contributed by atoms with van der Waals surface area (Å²) in [5, 5.41) is 9.02. The fourth-order valence-electron chi connectivity index (χ4n) is 1.29. The van der Waals surface area contributed by atoms with Gasteiger partial charge in [0.1, 0.15) is 17.4 Å². The minimum Gasteiger partial charge on any atom is -0.383 e. The smallest absolute Gasteiger partial charge is 0.257 e. The Labute approximate surface area is 99.4 Å². The van der Waals surface area contributed by atoms with Crippen molar-refractivity contribution in [1.82, 2.24) is 20.4 Å². The summed E-state index contributed by atoms with van der Waals surface area (Å²) in [6.07, 6.45) is 1.37. The van der Waals surface area contributed by atoms with Gasteiger partial charge < -0.3 is 16.4 Å². The molecule has 0 aliphatic carbocycles. The van der Waals surface area contributed by atoms with E-state index in [2.05, 4.69) is 15.7 Å². The molecule has 0 aliphatic rings. The Bertz CT molecular complexity index is 426. The van der Waals surface area contributed by atoms with Crippen molar-refractivity contribution in [1.29, 1.82) is 0 Å². The third kappa shape index (κ3) is 2.96. The number of likely N-dealkylation sites (N-methyl/N-ethyl adjacent to an activating group) is 1. The number of hydrogen-bond acceptors (Lipinski definition) is 4. The quantitative estimate of drug-likeness (QED) is 0.643. The molecule has 0 radical (unpaired) electrons. The second kappa shape index (κ2) is 5.33. The van der Waals surface area contributed by atoms with Gasteiger partial charge in [0.15, 0.2) is 0 Å². The van der Waals surface area contributed by atoms with E-state index in [1.54, 1.807) is 14.0 Å². The Morgan fingerprint density at radius 1 is 1.59 bits per heavy atom. The third-order valence-corrected chi connectivity index (χ3v) is 2.32. The van der Waals surface area contributed by atoms with Crippen LogP contribution in [0.3, 0.4) is 0 Å². The number of amides is 2. The maximum absolute atomic E-state index is 11.8. The highest BCUT2D eigenvalue weighted by Crippen LogP contribution is 2.08. The molecule has 1 aromatic heterocycles. The highest BCUT2D eigenvalue weighted by molar-refractivity contribution is 6.00.